The third kappa shape index (κ3) is 2.74. The van der Waals surface area contributed by atoms with Crippen LogP contribution in [0.2, 0.25) is 0 Å². The lowest BCUT2D eigenvalue weighted by Gasteiger charge is -2.09. The van der Waals surface area contributed by atoms with Crippen LogP contribution in [0.1, 0.15) is 31.1 Å². The van der Waals surface area contributed by atoms with Crippen molar-refractivity contribution in [3.63, 3.8) is 0 Å². The largest absolute Gasteiger partial charge is 0.478 e. The van der Waals surface area contributed by atoms with Crippen LogP contribution in [0.4, 0.5) is 0 Å². The molecule has 0 aliphatic heterocycles. The van der Waals surface area contributed by atoms with Gasteiger partial charge < -0.3 is 15.3 Å². The first-order chi connectivity index (χ1) is 9.91. The van der Waals surface area contributed by atoms with Gasteiger partial charge in [0.15, 0.2) is 0 Å². The van der Waals surface area contributed by atoms with Gasteiger partial charge in [-0.05, 0) is 29.3 Å². The molecule has 0 atom stereocenters. The maximum Gasteiger partial charge on any atom is 0.337 e. The molecule has 6 heteroatoms. The number of carboxylic acids is 3. The molecule has 2 rings (SSSR count). The highest BCUT2D eigenvalue weighted by atomic mass is 16.4. The van der Waals surface area contributed by atoms with Crippen LogP contribution in [0.5, 0.6) is 0 Å². The van der Waals surface area contributed by atoms with Gasteiger partial charge in [0, 0.05) is 0 Å². The summed E-state index contributed by atoms with van der Waals surface area (Å²) in [6, 6.07) is 9.67. The second-order valence-corrected chi connectivity index (χ2v) is 4.22. The molecule has 0 unspecified atom stereocenters. The van der Waals surface area contributed by atoms with E-state index in [9.17, 15) is 19.5 Å². The van der Waals surface area contributed by atoms with Gasteiger partial charge in [0.1, 0.15) is 0 Å². The first-order valence-electron chi connectivity index (χ1n) is 5.85. The Balaban J connectivity index is 2.63. The van der Waals surface area contributed by atoms with Crippen molar-refractivity contribution in [3.8, 4) is 11.1 Å². The van der Waals surface area contributed by atoms with Crippen LogP contribution in [-0.4, -0.2) is 33.2 Å². The highest BCUT2D eigenvalue weighted by molar-refractivity contribution is 6.06. The Kier molecular flexibility index (Phi) is 3.71. The SMILES string of the molecule is O=C(O)c1ccc(-c2cccc(C(=O)O)c2C(=O)O)cc1. The minimum absolute atomic E-state index is 0.0602. The molecule has 2 aromatic rings. The molecule has 0 aliphatic carbocycles. The molecule has 0 radical (unpaired) electrons. The Hall–Kier alpha value is -3.15. The quantitative estimate of drug-likeness (QED) is 0.795. The summed E-state index contributed by atoms with van der Waals surface area (Å²) in [5, 5.41) is 27.1. The second-order valence-electron chi connectivity index (χ2n) is 4.22. The molecule has 2 aromatic carbocycles. The van der Waals surface area contributed by atoms with Crippen molar-refractivity contribution in [2.75, 3.05) is 0 Å². The van der Waals surface area contributed by atoms with Gasteiger partial charge in [-0.2, -0.15) is 0 Å². The smallest absolute Gasteiger partial charge is 0.337 e. The van der Waals surface area contributed by atoms with Gasteiger partial charge in [-0.25, -0.2) is 14.4 Å². The molecular formula is C15H10O6. The van der Waals surface area contributed by atoms with E-state index in [0.717, 1.165) is 0 Å². The highest BCUT2D eigenvalue weighted by Crippen LogP contribution is 2.27. The fourth-order valence-electron chi connectivity index (χ4n) is 1.99. The number of benzene rings is 2. The van der Waals surface area contributed by atoms with Crippen LogP contribution >= 0.6 is 0 Å². The number of rotatable bonds is 4. The lowest BCUT2D eigenvalue weighted by atomic mass is 9.95. The fraction of sp³-hybridized carbons (Fsp3) is 0. The predicted molar refractivity (Wildman–Crippen MR) is 72.8 cm³/mol. The topological polar surface area (TPSA) is 112 Å². The van der Waals surface area contributed by atoms with Crippen molar-refractivity contribution >= 4 is 17.9 Å². The maximum absolute atomic E-state index is 11.3. The zero-order valence-electron chi connectivity index (χ0n) is 10.6. The third-order valence-corrected chi connectivity index (χ3v) is 2.95. The van der Waals surface area contributed by atoms with Gasteiger partial charge >= 0.3 is 17.9 Å². The standard InChI is InChI=1S/C15H10O6/c16-13(17)9-6-4-8(5-7-9)10-2-1-3-11(14(18)19)12(10)15(20)21/h1-7H,(H,16,17)(H,18,19)(H,20,21). The highest BCUT2D eigenvalue weighted by Gasteiger charge is 2.20. The molecule has 0 bridgehead atoms. The molecule has 3 N–H and O–H groups in total. The summed E-state index contributed by atoms with van der Waals surface area (Å²) in [6.45, 7) is 0. The summed E-state index contributed by atoms with van der Waals surface area (Å²) in [7, 11) is 0. The van der Waals surface area contributed by atoms with Crippen LogP contribution in [0, 0.1) is 0 Å². The fourth-order valence-corrected chi connectivity index (χ4v) is 1.99. The molecule has 21 heavy (non-hydrogen) atoms. The molecule has 0 spiro atoms. The Bertz CT molecular complexity index is 730. The van der Waals surface area contributed by atoms with E-state index in [4.69, 9.17) is 10.2 Å². The summed E-state index contributed by atoms with van der Waals surface area (Å²) in [5.74, 6) is -3.79. The van der Waals surface area contributed by atoms with E-state index in [-0.39, 0.29) is 22.3 Å². The number of carbonyl (C=O) groups is 3. The Morgan fingerprint density at radius 2 is 1.33 bits per heavy atom. The molecule has 0 aliphatic rings. The minimum atomic E-state index is -1.36. The Labute approximate surface area is 118 Å². The van der Waals surface area contributed by atoms with E-state index in [1.54, 1.807) is 0 Å². The summed E-state index contributed by atoms with van der Waals surface area (Å²) < 4.78 is 0. The summed E-state index contributed by atoms with van der Waals surface area (Å²) in [6.07, 6.45) is 0. The molecule has 6 nitrogen and oxygen atoms in total. The van der Waals surface area contributed by atoms with E-state index in [0.29, 0.717) is 5.56 Å². The van der Waals surface area contributed by atoms with E-state index < -0.39 is 17.9 Å². The van der Waals surface area contributed by atoms with Gasteiger partial charge in [0.05, 0.1) is 16.7 Å². The number of hydrogen-bond acceptors (Lipinski definition) is 3. The van der Waals surface area contributed by atoms with Crippen molar-refractivity contribution in [3.05, 3.63) is 59.2 Å². The average molecular weight is 286 g/mol. The summed E-state index contributed by atoms with van der Waals surface area (Å²) >= 11 is 0. The zero-order valence-corrected chi connectivity index (χ0v) is 10.6. The first-order valence-corrected chi connectivity index (χ1v) is 5.85. The molecule has 0 heterocycles. The van der Waals surface area contributed by atoms with Crippen molar-refractivity contribution in [1.82, 2.24) is 0 Å². The predicted octanol–water partition coefficient (Wildman–Crippen LogP) is 2.45. The Morgan fingerprint density at radius 1 is 0.714 bits per heavy atom. The Morgan fingerprint density at radius 3 is 1.81 bits per heavy atom. The third-order valence-electron chi connectivity index (χ3n) is 2.95. The molecular weight excluding hydrogens is 276 g/mol. The van der Waals surface area contributed by atoms with Gasteiger partial charge in [-0.3, -0.25) is 0 Å². The molecule has 0 amide bonds. The van der Waals surface area contributed by atoms with Crippen LogP contribution in [-0.2, 0) is 0 Å². The van der Waals surface area contributed by atoms with E-state index in [2.05, 4.69) is 0 Å². The van der Waals surface area contributed by atoms with Gasteiger partial charge in [0.2, 0.25) is 0 Å². The molecule has 0 saturated heterocycles. The normalized spacial score (nSPS) is 10.1. The minimum Gasteiger partial charge on any atom is -0.478 e. The first kappa shape index (κ1) is 14.3. The van der Waals surface area contributed by atoms with E-state index >= 15 is 0 Å². The zero-order chi connectivity index (χ0) is 15.6. The van der Waals surface area contributed by atoms with Crippen molar-refractivity contribution in [2.24, 2.45) is 0 Å². The van der Waals surface area contributed by atoms with Gasteiger partial charge in [0.25, 0.3) is 0 Å². The molecule has 0 fully saturated rings. The lowest BCUT2D eigenvalue weighted by molar-refractivity contribution is 0.0652. The lowest BCUT2D eigenvalue weighted by Crippen LogP contribution is -2.09. The van der Waals surface area contributed by atoms with Crippen molar-refractivity contribution in [2.45, 2.75) is 0 Å². The van der Waals surface area contributed by atoms with Crippen LogP contribution in [0.25, 0.3) is 11.1 Å². The summed E-state index contributed by atoms with van der Waals surface area (Å²) in [5.41, 5.74) is 0.0697. The van der Waals surface area contributed by atoms with Crippen LogP contribution < -0.4 is 0 Å². The van der Waals surface area contributed by atoms with Gasteiger partial charge in [-0.1, -0.05) is 24.3 Å². The average Bonchev–Trinajstić information content (AvgIpc) is 2.46. The monoisotopic (exact) mass is 286 g/mol. The van der Waals surface area contributed by atoms with Crippen molar-refractivity contribution in [1.29, 1.82) is 0 Å². The van der Waals surface area contributed by atoms with Crippen molar-refractivity contribution < 1.29 is 29.7 Å². The maximum atomic E-state index is 11.3. The molecule has 0 aromatic heterocycles. The van der Waals surface area contributed by atoms with Crippen LogP contribution in [0.3, 0.4) is 0 Å². The van der Waals surface area contributed by atoms with E-state index in [1.165, 1.54) is 42.5 Å². The number of carboxylic acid groups (broad SMARTS) is 3. The second kappa shape index (κ2) is 5.46. The molecule has 106 valence electrons. The number of hydrogen-bond donors (Lipinski definition) is 3. The molecule has 0 saturated carbocycles. The number of aromatic carboxylic acids is 3. The van der Waals surface area contributed by atoms with Gasteiger partial charge in [-0.15, -0.1) is 0 Å². The van der Waals surface area contributed by atoms with Crippen LogP contribution in [0.15, 0.2) is 42.5 Å². The van der Waals surface area contributed by atoms with E-state index in [1.807, 2.05) is 0 Å². The summed E-state index contributed by atoms with van der Waals surface area (Å²) in [4.78, 5) is 33.2.